The van der Waals surface area contributed by atoms with Crippen LogP contribution in [0.15, 0.2) is 9.59 Å². The maximum absolute atomic E-state index is 12.0. The number of hydrogen-bond acceptors (Lipinski definition) is 8. The molecule has 0 aromatic carbocycles. The van der Waals surface area contributed by atoms with E-state index in [0.717, 1.165) is 0 Å². The monoisotopic (exact) mass is 358 g/mol. The first-order valence-electron chi connectivity index (χ1n) is 7.19. The Bertz CT molecular complexity index is 722. The van der Waals surface area contributed by atoms with Crippen molar-refractivity contribution < 1.29 is 23.8 Å². The molecule has 10 heteroatoms. The molecule has 1 aliphatic rings. The molecule has 0 amide bonds. The molecule has 0 fully saturated rings. The maximum Gasteiger partial charge on any atom is 0.330 e. The standard InChI is InChI=1S/C14H18N2O7S/c1-8(17)21-3-10(4-22-9(2)18)23-7-16-12-6-24-5-11(12)13(19)15-14(16)20/h10H,3-7H2,1-2H3,(H,15,19,20). The van der Waals surface area contributed by atoms with Crippen LogP contribution in [-0.4, -0.2) is 40.8 Å². The molecular weight excluding hydrogens is 340 g/mol. The Hall–Kier alpha value is -2.07. The van der Waals surface area contributed by atoms with Gasteiger partial charge in [-0.15, -0.1) is 0 Å². The van der Waals surface area contributed by atoms with Crippen molar-refractivity contribution in [1.29, 1.82) is 0 Å². The van der Waals surface area contributed by atoms with Crippen LogP contribution in [0.2, 0.25) is 0 Å². The van der Waals surface area contributed by atoms with Crippen molar-refractivity contribution in [3.8, 4) is 0 Å². The third kappa shape index (κ3) is 4.71. The molecule has 0 saturated heterocycles. The molecule has 0 aliphatic carbocycles. The molecule has 0 unspecified atom stereocenters. The van der Waals surface area contributed by atoms with E-state index in [1.165, 1.54) is 30.2 Å². The third-order valence-corrected chi connectivity index (χ3v) is 4.25. The van der Waals surface area contributed by atoms with Crippen LogP contribution in [0, 0.1) is 0 Å². The second-order valence-corrected chi connectivity index (χ2v) is 6.11. The van der Waals surface area contributed by atoms with Crippen molar-refractivity contribution >= 4 is 23.7 Å². The van der Waals surface area contributed by atoms with Crippen molar-refractivity contribution in [3.63, 3.8) is 0 Å². The number of carbonyl (C=O) groups excluding carboxylic acids is 2. The number of hydrogen-bond donors (Lipinski definition) is 1. The highest BCUT2D eigenvalue weighted by Crippen LogP contribution is 2.25. The first-order valence-corrected chi connectivity index (χ1v) is 8.35. The summed E-state index contributed by atoms with van der Waals surface area (Å²) in [6.07, 6.45) is -0.721. The van der Waals surface area contributed by atoms with E-state index >= 15 is 0 Å². The van der Waals surface area contributed by atoms with Crippen LogP contribution in [0.3, 0.4) is 0 Å². The van der Waals surface area contributed by atoms with Gasteiger partial charge in [-0.2, -0.15) is 11.8 Å². The molecule has 24 heavy (non-hydrogen) atoms. The van der Waals surface area contributed by atoms with Crippen LogP contribution in [0.4, 0.5) is 0 Å². The predicted molar refractivity (Wildman–Crippen MR) is 84.5 cm³/mol. The van der Waals surface area contributed by atoms with Gasteiger partial charge in [0.1, 0.15) is 26.0 Å². The fourth-order valence-corrected chi connectivity index (χ4v) is 3.23. The Morgan fingerprint density at radius 3 is 2.38 bits per heavy atom. The number of nitrogens with one attached hydrogen (secondary N) is 1. The molecule has 9 nitrogen and oxygen atoms in total. The quantitative estimate of drug-likeness (QED) is 0.663. The molecule has 1 aromatic heterocycles. The zero-order valence-corrected chi connectivity index (χ0v) is 14.1. The number of H-pyrrole nitrogens is 1. The van der Waals surface area contributed by atoms with Gasteiger partial charge in [-0.1, -0.05) is 0 Å². The Morgan fingerprint density at radius 2 is 1.79 bits per heavy atom. The predicted octanol–water partition coefficient (Wildman–Crippen LogP) is -0.248. The lowest BCUT2D eigenvalue weighted by Crippen LogP contribution is -2.36. The number of esters is 2. The highest BCUT2D eigenvalue weighted by atomic mass is 32.2. The van der Waals surface area contributed by atoms with E-state index in [1.54, 1.807) is 0 Å². The topological polar surface area (TPSA) is 117 Å². The lowest BCUT2D eigenvalue weighted by atomic mass is 10.3. The Morgan fingerprint density at radius 1 is 1.17 bits per heavy atom. The SMILES string of the molecule is CC(=O)OCC(COC(C)=O)OCn1c2c(c(=O)[nH]c1=O)CSC2. The number of fused-ring (bicyclic) bond motifs is 1. The highest BCUT2D eigenvalue weighted by molar-refractivity contribution is 7.98. The molecule has 1 aromatic rings. The van der Waals surface area contributed by atoms with Crippen molar-refractivity contribution in [3.05, 3.63) is 32.1 Å². The minimum absolute atomic E-state index is 0.113. The summed E-state index contributed by atoms with van der Waals surface area (Å²) in [4.78, 5) is 47.8. The van der Waals surface area contributed by atoms with E-state index in [9.17, 15) is 19.2 Å². The Balaban J connectivity index is 2.09. The summed E-state index contributed by atoms with van der Waals surface area (Å²) in [5.41, 5.74) is 0.222. The van der Waals surface area contributed by atoms with Gasteiger partial charge in [0.05, 0.1) is 0 Å². The second-order valence-electron chi connectivity index (χ2n) is 5.13. The largest absolute Gasteiger partial charge is 0.463 e. The van der Waals surface area contributed by atoms with Crippen molar-refractivity contribution in [1.82, 2.24) is 9.55 Å². The van der Waals surface area contributed by atoms with Gasteiger partial charge in [0.25, 0.3) is 5.56 Å². The number of aromatic nitrogens is 2. The van der Waals surface area contributed by atoms with Crippen LogP contribution in [-0.2, 0) is 42.0 Å². The maximum atomic E-state index is 12.0. The minimum Gasteiger partial charge on any atom is -0.463 e. The molecule has 0 atom stereocenters. The van der Waals surface area contributed by atoms with Crippen LogP contribution >= 0.6 is 11.8 Å². The number of nitrogens with zero attached hydrogens (tertiary/aromatic N) is 1. The number of ether oxygens (including phenoxy) is 3. The second kappa shape index (κ2) is 8.15. The fraction of sp³-hybridized carbons (Fsp3) is 0.571. The van der Waals surface area contributed by atoms with E-state index in [4.69, 9.17) is 14.2 Å². The van der Waals surface area contributed by atoms with Crippen LogP contribution in [0.5, 0.6) is 0 Å². The smallest absolute Gasteiger partial charge is 0.330 e. The van der Waals surface area contributed by atoms with Gasteiger partial charge in [-0.25, -0.2) is 4.79 Å². The number of thioether (sulfide) groups is 1. The normalized spacial score (nSPS) is 13.0. The van der Waals surface area contributed by atoms with Crippen molar-refractivity contribution in [2.24, 2.45) is 0 Å². The summed E-state index contributed by atoms with van der Waals surface area (Å²) in [5.74, 6) is 0.0842. The van der Waals surface area contributed by atoms with E-state index in [1.807, 2.05) is 0 Å². The molecular formula is C14H18N2O7S. The van der Waals surface area contributed by atoms with Crippen molar-refractivity contribution in [2.75, 3.05) is 13.2 Å². The zero-order valence-electron chi connectivity index (χ0n) is 13.3. The molecule has 0 bridgehead atoms. The van der Waals surface area contributed by atoms with E-state index in [2.05, 4.69) is 4.98 Å². The molecule has 132 valence electrons. The van der Waals surface area contributed by atoms with Crippen molar-refractivity contribution in [2.45, 2.75) is 38.2 Å². The summed E-state index contributed by atoms with van der Waals surface area (Å²) in [5, 5.41) is 0. The fourth-order valence-electron chi connectivity index (χ4n) is 2.10. The molecule has 1 N–H and O–H groups in total. The average molecular weight is 358 g/mol. The summed E-state index contributed by atoms with van der Waals surface area (Å²) in [6.45, 7) is 2.12. The molecule has 0 spiro atoms. The van der Waals surface area contributed by atoms with E-state index < -0.39 is 23.7 Å². The van der Waals surface area contributed by atoms with Gasteiger partial charge in [-0.05, 0) is 0 Å². The molecule has 2 heterocycles. The van der Waals surface area contributed by atoms with E-state index in [0.29, 0.717) is 22.8 Å². The number of carbonyl (C=O) groups is 2. The van der Waals surface area contributed by atoms with Gasteiger partial charge in [-0.3, -0.25) is 23.9 Å². The third-order valence-electron chi connectivity index (χ3n) is 3.28. The van der Waals surface area contributed by atoms with Gasteiger partial charge < -0.3 is 14.2 Å². The van der Waals surface area contributed by atoms with E-state index in [-0.39, 0.29) is 25.5 Å². The number of rotatable bonds is 7. The average Bonchev–Trinajstić information content (AvgIpc) is 2.98. The van der Waals surface area contributed by atoms with Gasteiger partial charge in [0.2, 0.25) is 0 Å². The highest BCUT2D eigenvalue weighted by Gasteiger charge is 2.21. The van der Waals surface area contributed by atoms with Gasteiger partial charge >= 0.3 is 17.6 Å². The Kier molecular flexibility index (Phi) is 6.21. The summed E-state index contributed by atoms with van der Waals surface area (Å²) < 4.78 is 16.6. The number of aromatic amines is 1. The van der Waals surface area contributed by atoms with Crippen LogP contribution in [0.25, 0.3) is 0 Å². The first kappa shape index (κ1) is 18.3. The molecule has 0 saturated carbocycles. The lowest BCUT2D eigenvalue weighted by molar-refractivity contribution is -0.154. The summed E-state index contributed by atoms with van der Waals surface area (Å²) in [7, 11) is 0. The lowest BCUT2D eigenvalue weighted by Gasteiger charge is -2.19. The van der Waals surface area contributed by atoms with Gasteiger partial charge in [0.15, 0.2) is 0 Å². The molecule has 2 rings (SSSR count). The Labute approximate surface area is 141 Å². The van der Waals surface area contributed by atoms with Crippen LogP contribution in [0.1, 0.15) is 25.1 Å². The minimum atomic E-state index is -0.721. The summed E-state index contributed by atoms with van der Waals surface area (Å²) >= 11 is 1.53. The summed E-state index contributed by atoms with van der Waals surface area (Å²) in [6, 6.07) is 0. The first-order chi connectivity index (χ1) is 11.4. The van der Waals surface area contributed by atoms with Gasteiger partial charge in [0, 0.05) is 36.6 Å². The van der Waals surface area contributed by atoms with Crippen LogP contribution < -0.4 is 11.2 Å². The molecule has 0 radical (unpaired) electrons. The zero-order chi connectivity index (χ0) is 17.7. The molecule has 1 aliphatic heterocycles.